The van der Waals surface area contributed by atoms with Crippen molar-refractivity contribution in [3.8, 4) is 0 Å². The Morgan fingerprint density at radius 3 is 1.75 bits per heavy atom. The number of hydrogen-bond donors (Lipinski definition) is 1. The molecule has 0 aromatic carbocycles. The highest BCUT2D eigenvalue weighted by Gasteiger charge is 2.62. The lowest BCUT2D eigenvalue weighted by Crippen LogP contribution is -2.09. The fraction of sp³-hybridized carbons (Fsp3) is 1.00. The first kappa shape index (κ1) is 8.11. The molecular weight excluding hydrogens is 136 g/mol. The van der Waals surface area contributed by atoms with Crippen molar-refractivity contribution in [1.82, 2.24) is 0 Å². The van der Waals surface area contributed by atoms with Crippen LogP contribution in [0.1, 0.15) is 6.92 Å². The van der Waals surface area contributed by atoms with Gasteiger partial charge in [0.05, 0.1) is 6.04 Å². The monoisotopic (exact) mass is 143 g/mol. The molecule has 1 aliphatic carbocycles. The van der Waals surface area contributed by atoms with Crippen molar-refractivity contribution in [3.05, 3.63) is 0 Å². The second-order valence-electron chi connectivity index (χ2n) is 2.08. The van der Waals surface area contributed by atoms with Crippen LogP contribution in [-0.2, 0) is 0 Å². The molecule has 0 heterocycles. The van der Waals surface area contributed by atoms with E-state index in [1.54, 1.807) is 0 Å². The van der Waals surface area contributed by atoms with Crippen molar-refractivity contribution in [1.29, 1.82) is 0 Å². The minimum absolute atomic E-state index is 0. The average molecular weight is 144 g/mol. The molecular formula is C4H8ClF2N. The first-order valence-electron chi connectivity index (χ1n) is 2.15. The number of alkyl halides is 2. The average Bonchev–Trinajstić information content (AvgIpc) is 1.91. The summed E-state index contributed by atoms with van der Waals surface area (Å²) in [4.78, 5) is 0. The van der Waals surface area contributed by atoms with Crippen LogP contribution in [0.3, 0.4) is 0 Å². The van der Waals surface area contributed by atoms with Gasteiger partial charge in [-0.3, -0.25) is 0 Å². The van der Waals surface area contributed by atoms with Gasteiger partial charge in [0.15, 0.2) is 11.8 Å². The van der Waals surface area contributed by atoms with E-state index in [1.165, 1.54) is 6.92 Å². The Balaban J connectivity index is 0.000000490. The largest absolute Gasteiger partial charge is 0.322 e. The lowest BCUT2D eigenvalue weighted by molar-refractivity contribution is 0.269. The van der Waals surface area contributed by atoms with Crippen LogP contribution < -0.4 is 5.73 Å². The van der Waals surface area contributed by atoms with Crippen LogP contribution in [0.25, 0.3) is 0 Å². The van der Waals surface area contributed by atoms with Crippen LogP contribution in [0.2, 0.25) is 0 Å². The molecule has 0 saturated heterocycles. The van der Waals surface area contributed by atoms with Crippen LogP contribution in [-0.4, -0.2) is 17.9 Å². The molecule has 1 nitrogen and oxygen atoms in total. The summed E-state index contributed by atoms with van der Waals surface area (Å²) < 4.78 is 23.9. The molecule has 2 N–H and O–H groups in total. The molecule has 1 rings (SSSR count). The van der Waals surface area contributed by atoms with Crippen LogP contribution >= 0.6 is 12.4 Å². The van der Waals surface area contributed by atoms with Crippen molar-refractivity contribution >= 4 is 12.4 Å². The minimum atomic E-state index is -1.72. The van der Waals surface area contributed by atoms with Crippen LogP contribution in [0, 0.1) is 0 Å². The Labute approximate surface area is 52.7 Å². The van der Waals surface area contributed by atoms with Gasteiger partial charge in [-0.1, -0.05) is 0 Å². The van der Waals surface area contributed by atoms with Gasteiger partial charge in [-0.2, -0.15) is 0 Å². The third-order valence-electron chi connectivity index (χ3n) is 1.40. The maximum absolute atomic E-state index is 12.1. The van der Waals surface area contributed by atoms with Crippen LogP contribution in [0.4, 0.5) is 8.78 Å². The van der Waals surface area contributed by atoms with E-state index in [1.807, 2.05) is 0 Å². The van der Waals surface area contributed by atoms with Gasteiger partial charge in [0.2, 0.25) is 0 Å². The molecule has 0 aromatic heterocycles. The van der Waals surface area contributed by atoms with Gasteiger partial charge in [0.25, 0.3) is 0 Å². The van der Waals surface area contributed by atoms with Crippen molar-refractivity contribution in [2.75, 3.05) is 0 Å². The number of rotatable bonds is 0. The third kappa shape index (κ3) is 0.801. The van der Waals surface area contributed by atoms with E-state index in [4.69, 9.17) is 5.73 Å². The van der Waals surface area contributed by atoms with E-state index in [9.17, 15) is 8.78 Å². The van der Waals surface area contributed by atoms with E-state index in [-0.39, 0.29) is 12.4 Å². The molecule has 0 spiro atoms. The van der Waals surface area contributed by atoms with E-state index in [0.717, 1.165) is 0 Å². The highest BCUT2D eigenvalue weighted by atomic mass is 35.5. The zero-order valence-electron chi connectivity index (χ0n) is 4.40. The summed E-state index contributed by atoms with van der Waals surface area (Å²) in [7, 11) is 0. The zero-order chi connectivity index (χ0) is 5.65. The molecule has 0 aromatic rings. The van der Waals surface area contributed by atoms with Gasteiger partial charge in [-0.05, 0) is 6.92 Å². The maximum Gasteiger partial charge on any atom is 0.158 e. The number of hydrogen-bond acceptors (Lipinski definition) is 1. The Hall–Kier alpha value is 0.110. The van der Waals surface area contributed by atoms with Crippen LogP contribution in [0.15, 0.2) is 0 Å². The molecule has 0 radical (unpaired) electrons. The maximum atomic E-state index is 12.1. The van der Waals surface area contributed by atoms with Crippen molar-refractivity contribution in [3.63, 3.8) is 0 Å². The van der Waals surface area contributed by atoms with E-state index in [2.05, 4.69) is 0 Å². The second kappa shape index (κ2) is 1.81. The molecule has 1 fully saturated rings. The van der Waals surface area contributed by atoms with Gasteiger partial charge in [0.1, 0.15) is 0 Å². The molecule has 8 heavy (non-hydrogen) atoms. The Morgan fingerprint density at radius 1 is 1.62 bits per heavy atom. The van der Waals surface area contributed by atoms with E-state index in [0.29, 0.717) is 0 Å². The minimum Gasteiger partial charge on any atom is -0.322 e. The lowest BCUT2D eigenvalue weighted by atomic mass is 10.4. The molecule has 4 heteroatoms. The summed E-state index contributed by atoms with van der Waals surface area (Å²) in [5.74, 6) is 0. The molecule has 3 unspecified atom stereocenters. The third-order valence-corrected chi connectivity index (χ3v) is 1.40. The summed E-state index contributed by atoms with van der Waals surface area (Å²) >= 11 is 0. The Kier molecular flexibility index (Phi) is 1.83. The topological polar surface area (TPSA) is 26.0 Å². The van der Waals surface area contributed by atoms with E-state index >= 15 is 0 Å². The fourth-order valence-corrected chi connectivity index (χ4v) is 0.463. The van der Waals surface area contributed by atoms with Gasteiger partial charge in [0, 0.05) is 0 Å². The smallest absolute Gasteiger partial charge is 0.158 e. The van der Waals surface area contributed by atoms with E-state index < -0.39 is 17.9 Å². The van der Waals surface area contributed by atoms with Crippen molar-refractivity contribution < 1.29 is 8.78 Å². The predicted molar refractivity (Wildman–Crippen MR) is 29.6 cm³/mol. The highest BCUT2D eigenvalue weighted by molar-refractivity contribution is 5.85. The first-order chi connectivity index (χ1) is 3.07. The zero-order valence-corrected chi connectivity index (χ0v) is 5.21. The van der Waals surface area contributed by atoms with Gasteiger partial charge in [-0.25, -0.2) is 8.78 Å². The molecule has 0 aliphatic heterocycles. The molecule has 0 amide bonds. The summed E-state index contributed by atoms with van der Waals surface area (Å²) in [6, 6.07) is -0.868. The summed E-state index contributed by atoms with van der Waals surface area (Å²) in [6.45, 7) is 1.17. The van der Waals surface area contributed by atoms with Gasteiger partial charge < -0.3 is 5.73 Å². The quantitative estimate of drug-likeness (QED) is 0.534. The Morgan fingerprint density at radius 2 is 1.75 bits per heavy atom. The molecule has 1 saturated carbocycles. The van der Waals surface area contributed by atoms with Crippen molar-refractivity contribution in [2.45, 2.75) is 24.8 Å². The Bertz CT molecular complexity index is 86.0. The van der Waals surface area contributed by atoms with Crippen LogP contribution in [0.5, 0.6) is 0 Å². The number of halogens is 3. The molecule has 3 atom stereocenters. The first-order valence-corrected chi connectivity index (χ1v) is 2.15. The summed E-state index contributed by atoms with van der Waals surface area (Å²) in [5, 5.41) is 0. The second-order valence-corrected chi connectivity index (χ2v) is 2.08. The molecule has 50 valence electrons. The molecule has 0 bridgehead atoms. The predicted octanol–water partition coefficient (Wildman–Crippen LogP) is 0.815. The fourth-order valence-electron chi connectivity index (χ4n) is 0.463. The van der Waals surface area contributed by atoms with Crippen molar-refractivity contribution in [2.24, 2.45) is 5.73 Å². The highest BCUT2D eigenvalue weighted by Crippen LogP contribution is 2.40. The van der Waals surface area contributed by atoms with Gasteiger partial charge >= 0.3 is 0 Å². The summed E-state index contributed by atoms with van der Waals surface area (Å²) in [5.41, 5.74) is 3.17. The normalized spacial score (nSPS) is 52.5. The number of nitrogens with two attached hydrogens (primary N) is 1. The summed E-state index contributed by atoms with van der Waals surface area (Å²) in [6.07, 6.45) is -1.42. The van der Waals surface area contributed by atoms with Gasteiger partial charge in [-0.15, -0.1) is 12.4 Å². The molecule has 1 aliphatic rings. The lowest BCUT2D eigenvalue weighted by Gasteiger charge is -1.86. The SMILES string of the molecule is CC1(F)C(N)C1F.Cl. The standard InChI is InChI=1S/C4H7F2N.ClH/c1-4(6)2(5)3(4)7;/h2-3H,7H2,1H3;1H.